The van der Waals surface area contributed by atoms with Gasteiger partial charge in [0.2, 0.25) is 15.0 Å². The van der Waals surface area contributed by atoms with E-state index in [0.29, 0.717) is 34.5 Å². The third-order valence-corrected chi connectivity index (χ3v) is 6.17. The van der Waals surface area contributed by atoms with Gasteiger partial charge in [0, 0.05) is 17.8 Å². The molecule has 1 heterocycles. The Bertz CT molecular complexity index is 1380. The number of nitrogens with one attached hydrogen (secondary N) is 1. The first-order chi connectivity index (χ1) is 16.2. The summed E-state index contributed by atoms with van der Waals surface area (Å²) in [4.78, 5) is 16.1. The Morgan fingerprint density at radius 3 is 2.53 bits per heavy atom. The highest BCUT2D eigenvalue weighted by atomic mass is 35.5. The molecule has 0 saturated heterocycles. The predicted molar refractivity (Wildman–Crippen MR) is 129 cm³/mol. The van der Waals surface area contributed by atoms with Crippen LogP contribution in [0.4, 0.5) is 5.13 Å². The number of amides is 1. The lowest BCUT2D eigenvalue weighted by molar-refractivity contribution is -0.112. The third-order valence-electron chi connectivity index (χ3n) is 4.28. The molecular formula is C22H19ClN4O5S2. The van der Waals surface area contributed by atoms with Crippen LogP contribution in [-0.2, 0) is 14.6 Å². The first-order valence-corrected chi connectivity index (χ1v) is 12.8. The van der Waals surface area contributed by atoms with E-state index < -0.39 is 20.9 Å². The van der Waals surface area contributed by atoms with Crippen molar-refractivity contribution in [3.05, 3.63) is 64.2 Å². The second-order valence-corrected chi connectivity index (χ2v) is 10.00. The van der Waals surface area contributed by atoms with Crippen molar-refractivity contribution in [2.45, 2.75) is 12.1 Å². The minimum absolute atomic E-state index is 0.0405. The van der Waals surface area contributed by atoms with Gasteiger partial charge in [-0.25, -0.2) is 8.42 Å². The van der Waals surface area contributed by atoms with E-state index in [-0.39, 0.29) is 17.3 Å². The smallest absolute Gasteiger partial charge is 0.268 e. The Morgan fingerprint density at radius 2 is 1.91 bits per heavy atom. The number of aryl methyl sites for hydroxylation is 1. The van der Waals surface area contributed by atoms with Crippen molar-refractivity contribution in [3.63, 3.8) is 0 Å². The van der Waals surface area contributed by atoms with Crippen molar-refractivity contribution in [2.75, 3.05) is 24.8 Å². The van der Waals surface area contributed by atoms with Gasteiger partial charge in [0.25, 0.3) is 11.1 Å². The monoisotopic (exact) mass is 518 g/mol. The molecule has 0 radical (unpaired) electrons. The maximum absolute atomic E-state index is 12.4. The van der Waals surface area contributed by atoms with Gasteiger partial charge in [0.15, 0.2) is 0 Å². The minimum atomic E-state index is -3.60. The molecular weight excluding hydrogens is 500 g/mol. The molecule has 34 heavy (non-hydrogen) atoms. The Hall–Kier alpha value is -3.46. The summed E-state index contributed by atoms with van der Waals surface area (Å²) in [6.07, 6.45) is 2.29. The Balaban J connectivity index is 1.61. The average Bonchev–Trinajstić information content (AvgIpc) is 3.26. The first kappa shape index (κ1) is 25.2. The fourth-order valence-corrected chi connectivity index (χ4v) is 4.32. The summed E-state index contributed by atoms with van der Waals surface area (Å²) < 4.78 is 37.9. The normalized spacial score (nSPS) is 11.5. The molecule has 0 fully saturated rings. The van der Waals surface area contributed by atoms with Crippen LogP contribution in [0.3, 0.4) is 0 Å². The molecule has 0 saturated carbocycles. The summed E-state index contributed by atoms with van der Waals surface area (Å²) in [7, 11) is -3.60. The highest BCUT2D eigenvalue weighted by Gasteiger charge is 2.17. The predicted octanol–water partition coefficient (Wildman–Crippen LogP) is 3.91. The standard InChI is InChI=1S/C22H19ClN4O5S2/c1-14-5-3-4-6-18(14)31-9-10-32-19-8-7-15(12-17(19)23)11-16(13-24)20(28)25-21-26-22(27-33-21)34(2,29)30/h3-8,11-12H,9-10H2,1-2H3,(H,25,26,27,28). The molecule has 9 nitrogen and oxygen atoms in total. The van der Waals surface area contributed by atoms with E-state index in [2.05, 4.69) is 14.7 Å². The molecule has 0 spiro atoms. The van der Waals surface area contributed by atoms with Gasteiger partial charge < -0.3 is 9.47 Å². The highest BCUT2D eigenvalue weighted by Crippen LogP contribution is 2.27. The zero-order chi connectivity index (χ0) is 24.7. The number of rotatable bonds is 9. The van der Waals surface area contributed by atoms with Crippen molar-refractivity contribution in [1.82, 2.24) is 9.36 Å². The average molecular weight is 519 g/mol. The van der Waals surface area contributed by atoms with Gasteiger partial charge in [-0.05, 0) is 42.3 Å². The van der Waals surface area contributed by atoms with Gasteiger partial charge >= 0.3 is 0 Å². The van der Waals surface area contributed by atoms with Gasteiger partial charge in [-0.15, -0.1) is 0 Å². The topological polar surface area (TPSA) is 131 Å². The van der Waals surface area contributed by atoms with Gasteiger partial charge in [-0.1, -0.05) is 35.9 Å². The number of aromatic nitrogens is 2. The van der Waals surface area contributed by atoms with Crippen molar-refractivity contribution < 1.29 is 22.7 Å². The zero-order valence-electron chi connectivity index (χ0n) is 18.1. The summed E-state index contributed by atoms with van der Waals surface area (Å²) in [5, 5.41) is 11.6. The number of hydrogen-bond acceptors (Lipinski definition) is 9. The number of nitriles is 1. The van der Waals surface area contributed by atoms with E-state index in [1.165, 1.54) is 6.08 Å². The Morgan fingerprint density at radius 1 is 1.21 bits per heavy atom. The van der Waals surface area contributed by atoms with Crippen LogP contribution in [0.2, 0.25) is 5.02 Å². The number of halogens is 1. The summed E-state index contributed by atoms with van der Waals surface area (Å²) >= 11 is 6.98. The largest absolute Gasteiger partial charge is 0.490 e. The van der Waals surface area contributed by atoms with Gasteiger partial charge in [0.1, 0.15) is 36.4 Å². The van der Waals surface area contributed by atoms with Crippen LogP contribution < -0.4 is 14.8 Å². The molecule has 1 N–H and O–H groups in total. The van der Waals surface area contributed by atoms with Crippen molar-refractivity contribution in [2.24, 2.45) is 0 Å². The molecule has 0 unspecified atom stereocenters. The van der Waals surface area contributed by atoms with Crippen molar-refractivity contribution in [1.29, 1.82) is 5.26 Å². The summed E-state index contributed by atoms with van der Waals surface area (Å²) in [6, 6.07) is 14.3. The van der Waals surface area contributed by atoms with E-state index >= 15 is 0 Å². The summed E-state index contributed by atoms with van der Waals surface area (Å²) in [6.45, 7) is 2.55. The number of anilines is 1. The molecule has 176 valence electrons. The molecule has 0 bridgehead atoms. The van der Waals surface area contributed by atoms with Gasteiger partial charge in [0.05, 0.1) is 5.02 Å². The maximum atomic E-state index is 12.4. The van der Waals surface area contributed by atoms with E-state index in [1.807, 2.05) is 31.2 Å². The van der Waals surface area contributed by atoms with Crippen LogP contribution >= 0.6 is 23.1 Å². The number of nitrogens with zero attached hydrogens (tertiary/aromatic N) is 3. The van der Waals surface area contributed by atoms with Crippen LogP contribution in [0.1, 0.15) is 11.1 Å². The lowest BCUT2D eigenvalue weighted by Crippen LogP contribution is -2.13. The van der Waals surface area contributed by atoms with Crippen LogP contribution in [-0.4, -0.2) is 43.2 Å². The first-order valence-electron chi connectivity index (χ1n) is 9.75. The number of carbonyl (C=O) groups is 1. The molecule has 3 aromatic rings. The van der Waals surface area contributed by atoms with E-state index in [1.54, 1.807) is 24.3 Å². The Kier molecular flexibility index (Phi) is 8.22. The number of hydrogen-bond donors (Lipinski definition) is 1. The van der Waals surface area contributed by atoms with Crippen molar-refractivity contribution >= 4 is 50.1 Å². The lowest BCUT2D eigenvalue weighted by atomic mass is 10.1. The fraction of sp³-hybridized carbons (Fsp3) is 0.182. The quantitative estimate of drug-likeness (QED) is 0.256. The molecule has 1 aromatic heterocycles. The van der Waals surface area contributed by atoms with Crippen LogP contribution in [0.25, 0.3) is 6.08 Å². The van der Waals surface area contributed by atoms with Gasteiger partial charge in [-0.2, -0.15) is 14.6 Å². The van der Waals surface area contributed by atoms with E-state index in [9.17, 15) is 18.5 Å². The lowest BCUT2D eigenvalue weighted by Gasteiger charge is -2.11. The second-order valence-electron chi connectivity index (χ2n) is 6.93. The number of para-hydroxylation sites is 1. The second kappa shape index (κ2) is 11.1. The maximum Gasteiger partial charge on any atom is 0.268 e. The molecule has 2 aromatic carbocycles. The minimum Gasteiger partial charge on any atom is -0.490 e. The Labute approximate surface area is 205 Å². The molecule has 3 rings (SSSR count). The number of ether oxygens (including phenoxy) is 2. The third kappa shape index (κ3) is 6.77. The van der Waals surface area contributed by atoms with Crippen LogP contribution in [0, 0.1) is 18.3 Å². The molecule has 1 amide bonds. The number of carbonyl (C=O) groups excluding carboxylic acids is 1. The molecule has 0 atom stereocenters. The van der Waals surface area contributed by atoms with Crippen molar-refractivity contribution in [3.8, 4) is 17.6 Å². The van der Waals surface area contributed by atoms with E-state index in [0.717, 1.165) is 17.6 Å². The number of sulfone groups is 1. The molecule has 0 aliphatic heterocycles. The zero-order valence-corrected chi connectivity index (χ0v) is 20.5. The summed E-state index contributed by atoms with van der Waals surface area (Å²) in [5.74, 6) is 0.446. The van der Waals surface area contributed by atoms with Gasteiger partial charge in [-0.3, -0.25) is 10.1 Å². The summed E-state index contributed by atoms with van der Waals surface area (Å²) in [5.41, 5.74) is 1.29. The fourth-order valence-electron chi connectivity index (χ4n) is 2.64. The highest BCUT2D eigenvalue weighted by molar-refractivity contribution is 7.90. The molecule has 12 heteroatoms. The van der Waals surface area contributed by atoms with Crippen LogP contribution in [0.5, 0.6) is 11.5 Å². The molecule has 0 aliphatic carbocycles. The van der Waals surface area contributed by atoms with Crippen LogP contribution in [0.15, 0.2) is 53.2 Å². The molecule has 0 aliphatic rings. The SMILES string of the molecule is Cc1ccccc1OCCOc1ccc(C=C(C#N)C(=O)Nc2nc(S(C)(=O)=O)ns2)cc1Cl. The van der Waals surface area contributed by atoms with E-state index in [4.69, 9.17) is 21.1 Å². The number of benzene rings is 2.